The molecule has 0 unspecified atom stereocenters. The fraction of sp³-hybridized carbons (Fsp3) is 0.625. The molecule has 5 heteroatoms. The highest BCUT2D eigenvalue weighted by molar-refractivity contribution is 5.64. The summed E-state index contributed by atoms with van der Waals surface area (Å²) in [7, 11) is 0. The number of nitrogens with zero attached hydrogens (tertiary/aromatic N) is 1. The Hall–Kier alpha value is -1.78. The van der Waals surface area contributed by atoms with Crippen LogP contribution in [0.25, 0.3) is 0 Å². The lowest BCUT2D eigenvalue weighted by atomic mass is 9.75. The number of hydrogen-bond acceptors (Lipinski definition) is 4. The summed E-state index contributed by atoms with van der Waals surface area (Å²) in [6.07, 6.45) is 4.40. The van der Waals surface area contributed by atoms with Crippen molar-refractivity contribution in [1.29, 1.82) is 0 Å². The van der Waals surface area contributed by atoms with Crippen molar-refractivity contribution in [3.05, 3.63) is 28.3 Å². The number of rotatable bonds is 5. The summed E-state index contributed by atoms with van der Waals surface area (Å²) in [6.45, 7) is 6.93. The summed E-state index contributed by atoms with van der Waals surface area (Å²) in [5.74, 6) is 0.541. The van der Waals surface area contributed by atoms with E-state index in [4.69, 9.17) is 4.74 Å². The summed E-state index contributed by atoms with van der Waals surface area (Å²) >= 11 is 0. The van der Waals surface area contributed by atoms with Crippen LogP contribution in [0.3, 0.4) is 0 Å². The highest BCUT2D eigenvalue weighted by Crippen LogP contribution is 2.37. The van der Waals surface area contributed by atoms with E-state index in [1.54, 1.807) is 12.1 Å². The third-order valence-electron chi connectivity index (χ3n) is 4.18. The minimum Gasteiger partial charge on any atom is -0.494 e. The number of hydrogen-bond donors (Lipinski definition) is 1. The van der Waals surface area contributed by atoms with E-state index in [9.17, 15) is 10.1 Å². The third-order valence-corrected chi connectivity index (χ3v) is 4.18. The van der Waals surface area contributed by atoms with E-state index < -0.39 is 0 Å². The molecule has 0 radical (unpaired) electrons. The molecule has 0 heterocycles. The van der Waals surface area contributed by atoms with Crippen molar-refractivity contribution in [3.8, 4) is 5.75 Å². The maximum absolute atomic E-state index is 11.2. The van der Waals surface area contributed by atoms with Gasteiger partial charge in [-0.2, -0.15) is 0 Å². The smallest absolute Gasteiger partial charge is 0.296 e. The maximum atomic E-state index is 11.2. The molecule has 0 spiro atoms. The van der Waals surface area contributed by atoms with Crippen LogP contribution in [0.5, 0.6) is 5.75 Å². The standard InChI is InChI=1S/C16H24N2O3/c1-4-21-13-5-6-14(15(11-13)18(19)20)17-12-7-9-16(2,3)10-8-12/h5-6,11-12,17H,4,7-10H2,1-3H3. The Kier molecular flexibility index (Phi) is 4.70. The Morgan fingerprint density at radius 1 is 1.38 bits per heavy atom. The maximum Gasteiger partial charge on any atom is 0.296 e. The van der Waals surface area contributed by atoms with Crippen LogP contribution in [0.2, 0.25) is 0 Å². The zero-order valence-electron chi connectivity index (χ0n) is 13.0. The molecule has 1 aromatic rings. The van der Waals surface area contributed by atoms with Crippen molar-refractivity contribution in [1.82, 2.24) is 0 Å². The third kappa shape index (κ3) is 4.09. The van der Waals surface area contributed by atoms with Crippen LogP contribution in [-0.4, -0.2) is 17.6 Å². The topological polar surface area (TPSA) is 64.4 Å². The number of ether oxygens (including phenoxy) is 1. The van der Waals surface area contributed by atoms with Crippen LogP contribution in [-0.2, 0) is 0 Å². The Labute approximate surface area is 125 Å². The fourth-order valence-electron chi connectivity index (χ4n) is 2.80. The predicted molar refractivity (Wildman–Crippen MR) is 83.9 cm³/mol. The highest BCUT2D eigenvalue weighted by Gasteiger charge is 2.28. The number of benzene rings is 1. The largest absolute Gasteiger partial charge is 0.494 e. The average Bonchev–Trinajstić information content (AvgIpc) is 2.43. The first-order chi connectivity index (χ1) is 9.91. The molecule has 1 saturated carbocycles. The molecule has 21 heavy (non-hydrogen) atoms. The molecular weight excluding hydrogens is 268 g/mol. The van der Waals surface area contributed by atoms with Gasteiger partial charge in [-0.05, 0) is 50.2 Å². The number of anilines is 1. The van der Waals surface area contributed by atoms with Gasteiger partial charge in [0.25, 0.3) is 5.69 Å². The van der Waals surface area contributed by atoms with Crippen molar-refractivity contribution in [3.63, 3.8) is 0 Å². The molecule has 0 aliphatic heterocycles. The van der Waals surface area contributed by atoms with Gasteiger partial charge in [0.15, 0.2) is 0 Å². The first-order valence-electron chi connectivity index (χ1n) is 7.59. The monoisotopic (exact) mass is 292 g/mol. The van der Waals surface area contributed by atoms with Gasteiger partial charge in [-0.1, -0.05) is 13.8 Å². The molecule has 2 rings (SSSR count). The van der Waals surface area contributed by atoms with Crippen LogP contribution in [0, 0.1) is 15.5 Å². The molecule has 0 atom stereocenters. The first kappa shape index (κ1) is 15.6. The lowest BCUT2D eigenvalue weighted by Crippen LogP contribution is -2.30. The van der Waals surface area contributed by atoms with Crippen LogP contribution in [0.15, 0.2) is 18.2 Å². The van der Waals surface area contributed by atoms with E-state index in [1.165, 1.54) is 6.07 Å². The minimum atomic E-state index is -0.350. The van der Waals surface area contributed by atoms with Crippen molar-refractivity contribution < 1.29 is 9.66 Å². The fourth-order valence-corrected chi connectivity index (χ4v) is 2.80. The number of nitro groups is 1. The lowest BCUT2D eigenvalue weighted by molar-refractivity contribution is -0.384. The second-order valence-corrected chi connectivity index (χ2v) is 6.45. The second kappa shape index (κ2) is 6.33. The minimum absolute atomic E-state index is 0.0887. The zero-order valence-corrected chi connectivity index (χ0v) is 13.0. The van der Waals surface area contributed by atoms with Crippen molar-refractivity contribution >= 4 is 11.4 Å². The Bertz CT molecular complexity index is 504. The lowest BCUT2D eigenvalue weighted by Gasteiger charge is -2.35. The van der Waals surface area contributed by atoms with Gasteiger partial charge in [0.1, 0.15) is 11.4 Å². The Morgan fingerprint density at radius 3 is 2.62 bits per heavy atom. The first-order valence-corrected chi connectivity index (χ1v) is 7.59. The predicted octanol–water partition coefficient (Wildman–Crippen LogP) is 4.37. The van der Waals surface area contributed by atoms with Gasteiger partial charge in [-0.3, -0.25) is 10.1 Å². The van der Waals surface area contributed by atoms with Crippen molar-refractivity contribution in [2.45, 2.75) is 52.5 Å². The number of nitrogens with one attached hydrogen (secondary N) is 1. The van der Waals surface area contributed by atoms with Crippen molar-refractivity contribution in [2.75, 3.05) is 11.9 Å². The van der Waals surface area contributed by atoms with E-state index in [0.29, 0.717) is 29.5 Å². The molecule has 1 aliphatic carbocycles. The van der Waals surface area contributed by atoms with Crippen molar-refractivity contribution in [2.24, 2.45) is 5.41 Å². The quantitative estimate of drug-likeness (QED) is 0.646. The Balaban J connectivity index is 2.11. The van der Waals surface area contributed by atoms with Gasteiger partial charge in [0.2, 0.25) is 0 Å². The van der Waals surface area contributed by atoms with Gasteiger partial charge in [0, 0.05) is 6.04 Å². The van der Waals surface area contributed by atoms with Gasteiger partial charge < -0.3 is 10.1 Å². The normalized spacial score (nSPS) is 18.2. The summed E-state index contributed by atoms with van der Waals surface area (Å²) in [4.78, 5) is 10.9. The summed E-state index contributed by atoms with van der Waals surface area (Å²) in [5, 5.41) is 14.6. The van der Waals surface area contributed by atoms with Gasteiger partial charge >= 0.3 is 0 Å². The molecule has 0 aromatic heterocycles. The van der Waals surface area contributed by atoms with Gasteiger partial charge in [0.05, 0.1) is 17.6 Å². The van der Waals surface area contributed by atoms with E-state index in [1.807, 2.05) is 6.92 Å². The molecule has 0 saturated heterocycles. The van der Waals surface area contributed by atoms with Crippen LogP contribution in [0.1, 0.15) is 46.5 Å². The molecule has 1 N–H and O–H groups in total. The molecule has 1 fully saturated rings. The van der Waals surface area contributed by atoms with Crippen LogP contribution < -0.4 is 10.1 Å². The SMILES string of the molecule is CCOc1ccc(NC2CCC(C)(C)CC2)c([N+](=O)[O-])c1. The summed E-state index contributed by atoms with van der Waals surface area (Å²) in [5.41, 5.74) is 1.07. The molecule has 116 valence electrons. The van der Waals surface area contributed by atoms with Gasteiger partial charge in [-0.25, -0.2) is 0 Å². The molecular formula is C16H24N2O3. The molecule has 0 bridgehead atoms. The number of nitro benzene ring substituents is 1. The van der Waals surface area contributed by atoms with Gasteiger partial charge in [-0.15, -0.1) is 0 Å². The van der Waals surface area contributed by atoms with E-state index in [0.717, 1.165) is 25.7 Å². The van der Waals surface area contributed by atoms with Crippen LogP contribution >= 0.6 is 0 Å². The average molecular weight is 292 g/mol. The summed E-state index contributed by atoms with van der Waals surface area (Å²) in [6, 6.07) is 5.35. The molecule has 0 amide bonds. The Morgan fingerprint density at radius 2 is 2.05 bits per heavy atom. The molecule has 1 aliphatic rings. The van der Waals surface area contributed by atoms with E-state index in [2.05, 4.69) is 19.2 Å². The molecule has 5 nitrogen and oxygen atoms in total. The second-order valence-electron chi connectivity index (χ2n) is 6.45. The zero-order chi connectivity index (χ0) is 15.5. The van der Waals surface area contributed by atoms with E-state index in [-0.39, 0.29) is 10.6 Å². The van der Waals surface area contributed by atoms with E-state index >= 15 is 0 Å². The van der Waals surface area contributed by atoms with Crippen LogP contribution in [0.4, 0.5) is 11.4 Å². The summed E-state index contributed by atoms with van der Waals surface area (Å²) < 4.78 is 5.34. The highest BCUT2D eigenvalue weighted by atomic mass is 16.6. The molecule has 1 aromatic carbocycles.